The third-order valence-corrected chi connectivity index (χ3v) is 3.55. The highest BCUT2D eigenvalue weighted by molar-refractivity contribution is 5.61. The third kappa shape index (κ3) is 2.16. The van der Waals surface area contributed by atoms with Crippen molar-refractivity contribution >= 4 is 0 Å². The number of aromatic nitrogens is 3. The minimum absolute atomic E-state index is 0.141. The molecule has 19 heavy (non-hydrogen) atoms. The average molecular weight is 259 g/mol. The van der Waals surface area contributed by atoms with E-state index >= 15 is 0 Å². The van der Waals surface area contributed by atoms with E-state index in [-0.39, 0.29) is 5.75 Å². The Morgan fingerprint density at radius 3 is 2.95 bits per heavy atom. The first-order chi connectivity index (χ1) is 9.29. The molecule has 5 heteroatoms. The minimum Gasteiger partial charge on any atom is -0.504 e. The van der Waals surface area contributed by atoms with Crippen LogP contribution in [-0.4, -0.2) is 27.0 Å². The van der Waals surface area contributed by atoms with Crippen molar-refractivity contribution < 1.29 is 9.84 Å². The van der Waals surface area contributed by atoms with Crippen LogP contribution in [0.4, 0.5) is 0 Å². The van der Waals surface area contributed by atoms with E-state index in [9.17, 15) is 5.11 Å². The van der Waals surface area contributed by atoms with Crippen LogP contribution in [-0.2, 0) is 13.0 Å². The number of methoxy groups -OCH3 is 1. The first-order valence-electron chi connectivity index (χ1n) is 6.59. The summed E-state index contributed by atoms with van der Waals surface area (Å²) < 4.78 is 7.32. The molecule has 1 aromatic carbocycles. The molecular weight excluding hydrogens is 242 g/mol. The molecule has 0 spiro atoms. The number of aryl methyl sites for hydroxylation is 1. The zero-order valence-corrected chi connectivity index (χ0v) is 11.0. The molecule has 1 aliphatic rings. The molecule has 0 radical (unpaired) electrons. The second-order valence-corrected chi connectivity index (χ2v) is 4.79. The summed E-state index contributed by atoms with van der Waals surface area (Å²) in [5.41, 5.74) is 0.926. The zero-order chi connectivity index (χ0) is 13.2. The van der Waals surface area contributed by atoms with Gasteiger partial charge in [-0.2, -0.15) is 0 Å². The molecule has 0 aliphatic carbocycles. The summed E-state index contributed by atoms with van der Waals surface area (Å²) in [7, 11) is 1.54. The van der Waals surface area contributed by atoms with Crippen LogP contribution in [0.5, 0.6) is 11.5 Å². The molecule has 1 aliphatic heterocycles. The van der Waals surface area contributed by atoms with Crippen LogP contribution in [0.2, 0.25) is 0 Å². The smallest absolute Gasteiger partial charge is 0.164 e. The molecule has 0 saturated heterocycles. The highest BCUT2D eigenvalue weighted by atomic mass is 16.5. The standard InChI is InChI=1S/C14H17N3O2/c1-19-12-9-10(6-7-11(12)18)14-16-15-13-5-3-2-4-8-17(13)14/h6-7,9,18H,2-5,8H2,1H3. The van der Waals surface area contributed by atoms with Crippen LogP contribution >= 0.6 is 0 Å². The number of rotatable bonds is 2. The quantitative estimate of drug-likeness (QED) is 0.899. The fraction of sp³-hybridized carbons (Fsp3) is 0.429. The molecule has 3 rings (SSSR count). The summed E-state index contributed by atoms with van der Waals surface area (Å²) in [6, 6.07) is 5.28. The Hall–Kier alpha value is -2.04. The Morgan fingerprint density at radius 2 is 2.11 bits per heavy atom. The average Bonchev–Trinajstić information content (AvgIpc) is 2.68. The molecule has 0 unspecified atom stereocenters. The molecule has 5 nitrogen and oxygen atoms in total. The van der Waals surface area contributed by atoms with E-state index in [0.29, 0.717) is 5.75 Å². The maximum absolute atomic E-state index is 9.65. The summed E-state index contributed by atoms with van der Waals surface area (Å²) in [5.74, 6) is 2.51. The maximum Gasteiger partial charge on any atom is 0.164 e. The van der Waals surface area contributed by atoms with Crippen molar-refractivity contribution in [3.8, 4) is 22.9 Å². The van der Waals surface area contributed by atoms with Gasteiger partial charge in [0, 0.05) is 18.5 Å². The van der Waals surface area contributed by atoms with E-state index < -0.39 is 0 Å². The number of fused-ring (bicyclic) bond motifs is 1. The molecule has 0 bridgehead atoms. The summed E-state index contributed by atoms with van der Waals surface area (Å²) in [6.07, 6.45) is 4.56. The van der Waals surface area contributed by atoms with E-state index in [1.54, 1.807) is 19.2 Å². The van der Waals surface area contributed by atoms with Crippen LogP contribution < -0.4 is 4.74 Å². The Balaban J connectivity index is 2.05. The van der Waals surface area contributed by atoms with E-state index in [1.165, 1.54) is 12.8 Å². The predicted molar refractivity (Wildman–Crippen MR) is 71.2 cm³/mol. The SMILES string of the molecule is COc1cc(-c2nnc3n2CCCCC3)ccc1O. The van der Waals surface area contributed by atoms with E-state index in [0.717, 1.165) is 36.6 Å². The number of phenolic OH excluding ortho intramolecular Hbond substituents is 1. The molecule has 0 atom stereocenters. The summed E-state index contributed by atoms with van der Waals surface area (Å²) in [6.45, 7) is 0.959. The lowest BCUT2D eigenvalue weighted by atomic mass is 10.2. The number of phenols is 1. The van der Waals surface area contributed by atoms with Gasteiger partial charge in [0.25, 0.3) is 0 Å². The summed E-state index contributed by atoms with van der Waals surface area (Å²) in [4.78, 5) is 0. The topological polar surface area (TPSA) is 60.2 Å². The summed E-state index contributed by atoms with van der Waals surface area (Å²) >= 11 is 0. The fourth-order valence-corrected chi connectivity index (χ4v) is 2.52. The molecule has 2 heterocycles. The van der Waals surface area contributed by atoms with Crippen molar-refractivity contribution in [2.45, 2.75) is 32.2 Å². The van der Waals surface area contributed by atoms with Gasteiger partial charge in [0.15, 0.2) is 17.3 Å². The van der Waals surface area contributed by atoms with Crippen LogP contribution in [0.25, 0.3) is 11.4 Å². The van der Waals surface area contributed by atoms with Gasteiger partial charge in [-0.1, -0.05) is 6.42 Å². The van der Waals surface area contributed by atoms with Crippen LogP contribution in [0.3, 0.4) is 0 Å². The van der Waals surface area contributed by atoms with Gasteiger partial charge in [-0.15, -0.1) is 10.2 Å². The van der Waals surface area contributed by atoms with Crippen molar-refractivity contribution in [2.75, 3.05) is 7.11 Å². The summed E-state index contributed by atoms with van der Waals surface area (Å²) in [5, 5.41) is 18.2. The monoisotopic (exact) mass is 259 g/mol. The molecule has 0 saturated carbocycles. The molecule has 1 N–H and O–H groups in total. The van der Waals surface area contributed by atoms with Gasteiger partial charge in [0.1, 0.15) is 5.82 Å². The Morgan fingerprint density at radius 1 is 1.21 bits per heavy atom. The van der Waals surface area contributed by atoms with Gasteiger partial charge < -0.3 is 14.4 Å². The minimum atomic E-state index is 0.141. The van der Waals surface area contributed by atoms with Gasteiger partial charge >= 0.3 is 0 Å². The van der Waals surface area contributed by atoms with Crippen LogP contribution in [0, 0.1) is 0 Å². The van der Waals surface area contributed by atoms with E-state index in [2.05, 4.69) is 14.8 Å². The van der Waals surface area contributed by atoms with Gasteiger partial charge in [0.05, 0.1) is 7.11 Å². The van der Waals surface area contributed by atoms with Crippen molar-refractivity contribution in [2.24, 2.45) is 0 Å². The highest BCUT2D eigenvalue weighted by Crippen LogP contribution is 2.31. The molecule has 2 aromatic rings. The fourth-order valence-electron chi connectivity index (χ4n) is 2.52. The first kappa shape index (κ1) is 12.0. The van der Waals surface area contributed by atoms with Gasteiger partial charge in [-0.3, -0.25) is 0 Å². The third-order valence-electron chi connectivity index (χ3n) is 3.55. The molecule has 0 amide bonds. The number of benzene rings is 1. The largest absolute Gasteiger partial charge is 0.504 e. The van der Waals surface area contributed by atoms with Gasteiger partial charge in [-0.25, -0.2) is 0 Å². The lowest BCUT2D eigenvalue weighted by molar-refractivity contribution is 0.373. The number of ether oxygens (including phenoxy) is 1. The Bertz CT molecular complexity index is 592. The number of hydrogen-bond acceptors (Lipinski definition) is 4. The van der Waals surface area contributed by atoms with Crippen LogP contribution in [0.1, 0.15) is 25.1 Å². The number of hydrogen-bond donors (Lipinski definition) is 1. The second kappa shape index (κ2) is 4.91. The van der Waals surface area contributed by atoms with Gasteiger partial charge in [-0.05, 0) is 31.0 Å². The molecule has 100 valence electrons. The Kier molecular flexibility index (Phi) is 3.11. The lowest BCUT2D eigenvalue weighted by Gasteiger charge is -2.09. The van der Waals surface area contributed by atoms with Crippen molar-refractivity contribution in [1.82, 2.24) is 14.8 Å². The predicted octanol–water partition coefficient (Wildman–Crippen LogP) is 2.39. The maximum atomic E-state index is 9.65. The highest BCUT2D eigenvalue weighted by Gasteiger charge is 2.16. The van der Waals surface area contributed by atoms with Crippen LogP contribution in [0.15, 0.2) is 18.2 Å². The van der Waals surface area contributed by atoms with Crippen molar-refractivity contribution in [3.63, 3.8) is 0 Å². The zero-order valence-electron chi connectivity index (χ0n) is 11.0. The molecular formula is C14H17N3O2. The van der Waals surface area contributed by atoms with E-state index in [4.69, 9.17) is 4.74 Å². The van der Waals surface area contributed by atoms with Crippen molar-refractivity contribution in [1.29, 1.82) is 0 Å². The molecule has 0 fully saturated rings. The van der Waals surface area contributed by atoms with Crippen molar-refractivity contribution in [3.05, 3.63) is 24.0 Å². The number of nitrogens with zero attached hydrogens (tertiary/aromatic N) is 3. The first-order valence-corrected chi connectivity index (χ1v) is 6.59. The lowest BCUT2D eigenvalue weighted by Crippen LogP contribution is -2.03. The second-order valence-electron chi connectivity index (χ2n) is 4.79. The number of aromatic hydroxyl groups is 1. The molecule has 1 aromatic heterocycles. The normalized spacial score (nSPS) is 14.8. The Labute approximate surface area is 111 Å². The van der Waals surface area contributed by atoms with Gasteiger partial charge in [0.2, 0.25) is 0 Å². The van der Waals surface area contributed by atoms with E-state index in [1.807, 2.05) is 6.07 Å².